The lowest BCUT2D eigenvalue weighted by atomic mass is 10.1. The van der Waals surface area contributed by atoms with E-state index in [1.54, 1.807) is 13.0 Å². The van der Waals surface area contributed by atoms with Crippen LogP contribution in [0.15, 0.2) is 41.4 Å². The molecule has 2 aromatic heterocycles. The zero-order valence-electron chi connectivity index (χ0n) is 18.9. The van der Waals surface area contributed by atoms with Gasteiger partial charge in [0.05, 0.1) is 28.1 Å². The smallest absolute Gasteiger partial charge is 0.253 e. The van der Waals surface area contributed by atoms with Crippen molar-refractivity contribution in [1.29, 1.82) is 0 Å². The van der Waals surface area contributed by atoms with Gasteiger partial charge in [-0.15, -0.1) is 0 Å². The molecule has 1 fully saturated rings. The Balaban J connectivity index is 1.74. The molecule has 9 heteroatoms. The summed E-state index contributed by atoms with van der Waals surface area (Å²) >= 11 is 0. The van der Waals surface area contributed by atoms with E-state index in [1.165, 1.54) is 11.1 Å². The van der Waals surface area contributed by atoms with Crippen LogP contribution in [0.4, 0.5) is 0 Å². The molecule has 3 aromatic rings. The number of hydrogen-bond acceptors (Lipinski definition) is 5. The monoisotopic (exact) mass is 472 g/mol. The Morgan fingerprint density at radius 3 is 2.62 bits per heavy atom. The molecule has 1 amide bonds. The molecule has 1 unspecified atom stereocenters. The Hall–Kier alpha value is -2.52. The van der Waals surface area contributed by atoms with Crippen LogP contribution in [0.1, 0.15) is 44.1 Å². The van der Waals surface area contributed by atoms with Gasteiger partial charge in [0.2, 0.25) is 0 Å². The third-order valence-corrected chi connectivity index (χ3v) is 9.48. The summed E-state index contributed by atoms with van der Waals surface area (Å²) in [6.45, 7) is 7.88. The third kappa shape index (κ3) is 4.23. The number of fused-ring (bicyclic) bond motifs is 1. The van der Waals surface area contributed by atoms with E-state index < -0.39 is 15.4 Å². The quantitative estimate of drug-likeness (QED) is 0.572. The van der Waals surface area contributed by atoms with Crippen LogP contribution >= 0.6 is 10.5 Å². The van der Waals surface area contributed by atoms with Gasteiger partial charge in [-0.1, -0.05) is 17.5 Å². The number of nitrogens with one attached hydrogen (secondary N) is 1. The lowest BCUT2D eigenvalue weighted by molar-refractivity contribution is 0.0916. The lowest BCUT2D eigenvalue weighted by Gasteiger charge is -2.38. The molecule has 170 valence electrons. The Morgan fingerprint density at radius 1 is 1.28 bits per heavy atom. The van der Waals surface area contributed by atoms with E-state index in [1.807, 2.05) is 30.7 Å². The summed E-state index contributed by atoms with van der Waals surface area (Å²) in [6, 6.07) is 10.2. The molecule has 0 aliphatic carbocycles. The molecule has 3 heterocycles. The van der Waals surface area contributed by atoms with Crippen molar-refractivity contribution in [2.45, 2.75) is 44.2 Å². The zero-order valence-corrected chi connectivity index (χ0v) is 20.5. The number of rotatable bonds is 5. The summed E-state index contributed by atoms with van der Waals surface area (Å²) in [5, 5.41) is 9.88. The summed E-state index contributed by atoms with van der Waals surface area (Å²) < 4.78 is 25.0. The summed E-state index contributed by atoms with van der Waals surface area (Å²) in [6.07, 6.45) is 3.72. The molecule has 7 nitrogen and oxygen atoms in total. The number of benzene rings is 1. The number of aromatic nitrogens is 3. The minimum atomic E-state index is -3.05. The van der Waals surface area contributed by atoms with Crippen LogP contribution < -0.4 is 5.32 Å². The molecule has 4 rings (SSSR count). The van der Waals surface area contributed by atoms with Gasteiger partial charge in [0.25, 0.3) is 5.91 Å². The van der Waals surface area contributed by atoms with E-state index in [0.29, 0.717) is 5.56 Å². The maximum atomic E-state index is 12.8. The van der Waals surface area contributed by atoms with Gasteiger partial charge in [-0.25, -0.2) is 8.42 Å². The highest BCUT2D eigenvalue weighted by atomic mass is 32.2. The molecular formula is C23H28N4O3S2. The van der Waals surface area contributed by atoms with Crippen LogP contribution in [0.3, 0.4) is 0 Å². The van der Waals surface area contributed by atoms with E-state index in [-0.39, 0.29) is 33.9 Å². The van der Waals surface area contributed by atoms with Gasteiger partial charge in [-0.3, -0.25) is 14.5 Å². The van der Waals surface area contributed by atoms with Gasteiger partial charge in [-0.2, -0.15) is 15.6 Å². The van der Waals surface area contributed by atoms with Gasteiger partial charge in [-0.05, 0) is 52.1 Å². The standard InChI is InChI=1S/C23H28N4O3S2/c1-6-31(5)18-9-7-8-16(10-18)20-21-19(27(26-20)15(2)3)11-17(12-24-21)22(28)25-23(4)13-32(29,30)14-23/h6-12,15H,13-14H2,1-5H3,(H,25,28). The number of pyridine rings is 1. The van der Waals surface area contributed by atoms with E-state index in [0.717, 1.165) is 22.3 Å². The highest BCUT2D eigenvalue weighted by Crippen LogP contribution is 2.32. The van der Waals surface area contributed by atoms with E-state index in [4.69, 9.17) is 5.10 Å². The minimum absolute atomic E-state index is 0.0416. The van der Waals surface area contributed by atoms with Crippen LogP contribution in [0.25, 0.3) is 22.3 Å². The van der Waals surface area contributed by atoms with Crippen LogP contribution in [0.5, 0.6) is 0 Å². The first-order chi connectivity index (χ1) is 15.0. The van der Waals surface area contributed by atoms with Gasteiger partial charge < -0.3 is 5.32 Å². The van der Waals surface area contributed by atoms with Crippen molar-refractivity contribution < 1.29 is 13.2 Å². The summed E-state index contributed by atoms with van der Waals surface area (Å²) in [4.78, 5) is 18.7. The van der Waals surface area contributed by atoms with Crippen molar-refractivity contribution in [3.8, 4) is 11.3 Å². The highest BCUT2D eigenvalue weighted by Gasteiger charge is 2.45. The van der Waals surface area contributed by atoms with Crippen LogP contribution in [0, 0.1) is 0 Å². The van der Waals surface area contributed by atoms with Crippen molar-refractivity contribution in [1.82, 2.24) is 20.1 Å². The summed E-state index contributed by atoms with van der Waals surface area (Å²) in [5.41, 5.74) is 2.94. The molecule has 1 atom stereocenters. The SMILES string of the molecule is C/C=S(/C)c1cccc(-c2nn(C(C)C)c3cc(C(=O)NC4(C)CS(=O)(=O)C4)cnc23)c1. The second-order valence-corrected chi connectivity index (χ2v) is 13.0. The van der Waals surface area contributed by atoms with Crippen molar-refractivity contribution in [3.63, 3.8) is 0 Å². The number of amides is 1. The molecule has 1 aliphatic heterocycles. The molecule has 0 radical (unpaired) electrons. The second kappa shape index (κ2) is 8.12. The first kappa shape index (κ1) is 22.7. The van der Waals surface area contributed by atoms with Crippen molar-refractivity contribution in [2.75, 3.05) is 17.8 Å². The normalized spacial score (nSPS) is 17.9. The average Bonchev–Trinajstić information content (AvgIpc) is 3.10. The van der Waals surface area contributed by atoms with Gasteiger partial charge in [0.1, 0.15) is 11.2 Å². The van der Waals surface area contributed by atoms with Gasteiger partial charge in [0, 0.05) is 22.7 Å². The van der Waals surface area contributed by atoms with E-state index >= 15 is 0 Å². The van der Waals surface area contributed by atoms with Gasteiger partial charge in [0.15, 0.2) is 9.84 Å². The second-order valence-electron chi connectivity index (χ2n) is 8.85. The van der Waals surface area contributed by atoms with Crippen molar-refractivity contribution in [2.24, 2.45) is 0 Å². The lowest BCUT2D eigenvalue weighted by Crippen LogP contribution is -2.63. The average molecular weight is 473 g/mol. The third-order valence-electron chi connectivity index (χ3n) is 5.62. The molecule has 1 aliphatic rings. The molecule has 32 heavy (non-hydrogen) atoms. The van der Waals surface area contributed by atoms with Crippen molar-refractivity contribution in [3.05, 3.63) is 42.1 Å². The largest absolute Gasteiger partial charge is 0.345 e. The van der Waals surface area contributed by atoms with Gasteiger partial charge >= 0.3 is 0 Å². The fraction of sp³-hybridized carbons (Fsp3) is 0.391. The number of carbonyl (C=O) groups excluding carboxylic acids is 1. The molecular weight excluding hydrogens is 444 g/mol. The predicted octanol–water partition coefficient (Wildman–Crippen LogP) is 3.68. The molecule has 0 spiro atoms. The maximum Gasteiger partial charge on any atom is 0.253 e. The molecule has 0 saturated carbocycles. The molecule has 1 N–H and O–H groups in total. The molecule has 1 saturated heterocycles. The first-order valence-corrected chi connectivity index (χ1v) is 14.0. The Bertz CT molecular complexity index is 1340. The van der Waals surface area contributed by atoms with E-state index in [9.17, 15) is 13.2 Å². The molecule has 1 aromatic carbocycles. The topological polar surface area (TPSA) is 94.0 Å². The number of hydrogen-bond donors (Lipinski definition) is 1. The number of carbonyl (C=O) groups is 1. The first-order valence-electron chi connectivity index (χ1n) is 10.5. The zero-order chi connectivity index (χ0) is 23.3. The summed E-state index contributed by atoms with van der Waals surface area (Å²) in [7, 11) is -3.01. The van der Waals surface area contributed by atoms with Crippen LogP contribution in [0.2, 0.25) is 0 Å². The predicted molar refractivity (Wildman–Crippen MR) is 131 cm³/mol. The number of nitrogens with zero attached hydrogens (tertiary/aromatic N) is 3. The fourth-order valence-electron chi connectivity index (χ4n) is 4.06. The van der Waals surface area contributed by atoms with Crippen LogP contribution in [-0.2, 0) is 9.84 Å². The number of sulfone groups is 1. The minimum Gasteiger partial charge on any atom is -0.345 e. The molecule has 0 bridgehead atoms. The van der Waals surface area contributed by atoms with E-state index in [2.05, 4.69) is 41.0 Å². The maximum absolute atomic E-state index is 12.8. The fourth-order valence-corrected chi connectivity index (χ4v) is 6.94. The summed E-state index contributed by atoms with van der Waals surface area (Å²) in [5.74, 6) is -0.412. The Labute approximate surface area is 191 Å². The Kier molecular flexibility index (Phi) is 5.75. The highest BCUT2D eigenvalue weighted by molar-refractivity contribution is 8.14. The van der Waals surface area contributed by atoms with Crippen LogP contribution in [-0.4, -0.2) is 57.8 Å². The Morgan fingerprint density at radius 2 is 2.00 bits per heavy atom. The van der Waals surface area contributed by atoms with Crippen molar-refractivity contribution >= 4 is 42.6 Å².